The van der Waals surface area contributed by atoms with Gasteiger partial charge in [0.1, 0.15) is 0 Å². The molecule has 3 heteroatoms. The zero-order chi connectivity index (χ0) is 11.8. The zero-order valence-corrected chi connectivity index (χ0v) is 9.37. The molecule has 0 N–H and O–H groups in total. The number of nitrogens with zero attached hydrogens (tertiary/aromatic N) is 1. The van der Waals surface area contributed by atoms with Crippen molar-refractivity contribution in [3.8, 4) is 0 Å². The molecule has 0 saturated heterocycles. The van der Waals surface area contributed by atoms with E-state index in [1.54, 1.807) is 24.5 Å². The molecule has 1 aliphatic rings. The molecule has 0 radical (unpaired) electrons. The van der Waals surface area contributed by atoms with E-state index in [4.69, 9.17) is 0 Å². The molecule has 0 bridgehead atoms. The van der Waals surface area contributed by atoms with Crippen LogP contribution in [-0.2, 0) is 0 Å². The van der Waals surface area contributed by atoms with Crippen molar-refractivity contribution in [1.82, 2.24) is 4.98 Å². The minimum absolute atomic E-state index is 0.118. The second-order valence-electron chi connectivity index (χ2n) is 4.64. The lowest BCUT2D eigenvalue weighted by atomic mass is 9.78. The molecule has 0 unspecified atom stereocenters. The van der Waals surface area contributed by atoms with Gasteiger partial charge in [0.25, 0.3) is 6.43 Å². The van der Waals surface area contributed by atoms with E-state index in [1.165, 1.54) is 6.42 Å². The second kappa shape index (κ2) is 4.06. The van der Waals surface area contributed by atoms with Crippen LogP contribution >= 0.6 is 0 Å². The molecule has 88 valence electrons. The van der Waals surface area contributed by atoms with Crippen molar-refractivity contribution in [1.29, 1.82) is 0 Å². The lowest BCUT2D eigenvalue weighted by Crippen LogP contribution is -2.09. The fourth-order valence-corrected chi connectivity index (χ4v) is 2.45. The van der Waals surface area contributed by atoms with Crippen LogP contribution in [-0.4, -0.2) is 4.98 Å². The third-order valence-electron chi connectivity index (χ3n) is 3.60. The van der Waals surface area contributed by atoms with Gasteiger partial charge in [-0.15, -0.1) is 0 Å². The molecule has 1 aromatic carbocycles. The van der Waals surface area contributed by atoms with Crippen molar-refractivity contribution in [2.24, 2.45) is 0 Å². The van der Waals surface area contributed by atoms with E-state index in [1.807, 2.05) is 6.07 Å². The Morgan fingerprint density at radius 1 is 1.24 bits per heavy atom. The van der Waals surface area contributed by atoms with E-state index in [2.05, 4.69) is 4.98 Å². The summed E-state index contributed by atoms with van der Waals surface area (Å²) in [5.41, 5.74) is 1.19. The van der Waals surface area contributed by atoms with E-state index < -0.39 is 6.43 Å². The molecular formula is C14H13F2N. The summed E-state index contributed by atoms with van der Waals surface area (Å²) in [4.78, 5) is 4.01. The molecule has 0 aliphatic heterocycles. The van der Waals surface area contributed by atoms with Gasteiger partial charge in [-0.1, -0.05) is 6.42 Å². The lowest BCUT2D eigenvalue weighted by Gasteiger charge is -2.27. The number of fused-ring (bicyclic) bond motifs is 1. The van der Waals surface area contributed by atoms with Gasteiger partial charge in [0, 0.05) is 23.3 Å². The fourth-order valence-electron chi connectivity index (χ4n) is 2.45. The van der Waals surface area contributed by atoms with E-state index >= 15 is 0 Å². The standard InChI is InChI=1S/C14H13F2N/c15-14(16)10-6-11-8-17-5-4-12(11)13(7-10)9-2-1-3-9/h4-9,14H,1-3H2. The predicted molar refractivity (Wildman–Crippen MR) is 63.3 cm³/mol. The topological polar surface area (TPSA) is 12.9 Å². The van der Waals surface area contributed by atoms with Gasteiger partial charge in [0.05, 0.1) is 0 Å². The highest BCUT2D eigenvalue weighted by atomic mass is 19.3. The van der Waals surface area contributed by atoms with Crippen molar-refractivity contribution >= 4 is 10.8 Å². The first-order chi connectivity index (χ1) is 8.25. The molecular weight excluding hydrogens is 220 g/mol. The minimum Gasteiger partial charge on any atom is -0.264 e. The molecule has 0 amide bonds. The van der Waals surface area contributed by atoms with Gasteiger partial charge in [-0.2, -0.15) is 0 Å². The second-order valence-corrected chi connectivity index (χ2v) is 4.64. The van der Waals surface area contributed by atoms with Gasteiger partial charge in [0.15, 0.2) is 0 Å². The van der Waals surface area contributed by atoms with Gasteiger partial charge in [0.2, 0.25) is 0 Å². The number of aromatic nitrogens is 1. The zero-order valence-electron chi connectivity index (χ0n) is 9.37. The van der Waals surface area contributed by atoms with E-state index in [0.29, 0.717) is 5.92 Å². The van der Waals surface area contributed by atoms with Crippen LogP contribution in [0.2, 0.25) is 0 Å². The molecule has 0 atom stereocenters. The number of rotatable bonds is 2. The summed E-state index contributed by atoms with van der Waals surface area (Å²) in [5, 5.41) is 1.90. The molecule has 3 rings (SSSR count). The number of halogens is 2. The predicted octanol–water partition coefficient (Wildman–Crippen LogP) is 4.44. The summed E-state index contributed by atoms with van der Waals surface area (Å²) < 4.78 is 25.7. The Bertz CT molecular complexity index is 547. The number of alkyl halides is 2. The smallest absolute Gasteiger partial charge is 0.263 e. The molecule has 1 nitrogen and oxygen atoms in total. The number of pyridine rings is 1. The molecule has 0 spiro atoms. The third-order valence-corrected chi connectivity index (χ3v) is 3.60. The average Bonchev–Trinajstić information content (AvgIpc) is 2.26. The van der Waals surface area contributed by atoms with Crippen LogP contribution in [0.4, 0.5) is 8.78 Å². The summed E-state index contributed by atoms with van der Waals surface area (Å²) in [6.07, 6.45) is 4.43. The van der Waals surface area contributed by atoms with Crippen molar-refractivity contribution in [3.63, 3.8) is 0 Å². The van der Waals surface area contributed by atoms with E-state index in [9.17, 15) is 8.78 Å². The number of hydrogen-bond acceptors (Lipinski definition) is 1. The largest absolute Gasteiger partial charge is 0.264 e. The normalized spacial score (nSPS) is 16.4. The van der Waals surface area contributed by atoms with Crippen molar-refractivity contribution in [2.45, 2.75) is 31.6 Å². The first-order valence-corrected chi connectivity index (χ1v) is 5.91. The SMILES string of the molecule is FC(F)c1cc(C2CCC2)c2ccncc2c1. The Morgan fingerprint density at radius 2 is 2.06 bits per heavy atom. The van der Waals surface area contributed by atoms with Crippen molar-refractivity contribution < 1.29 is 8.78 Å². The van der Waals surface area contributed by atoms with Crippen molar-refractivity contribution in [3.05, 3.63) is 41.7 Å². The van der Waals surface area contributed by atoms with E-state index in [0.717, 1.165) is 29.2 Å². The first-order valence-electron chi connectivity index (χ1n) is 5.91. The third kappa shape index (κ3) is 1.79. The highest BCUT2D eigenvalue weighted by Gasteiger charge is 2.23. The Hall–Kier alpha value is -1.51. The van der Waals surface area contributed by atoms with Crippen LogP contribution in [0.1, 0.15) is 42.7 Å². The summed E-state index contributed by atoms with van der Waals surface area (Å²) >= 11 is 0. The first kappa shape index (κ1) is 10.6. The molecule has 1 saturated carbocycles. The van der Waals surface area contributed by atoms with Gasteiger partial charge in [-0.05, 0) is 47.9 Å². The molecule has 1 heterocycles. The van der Waals surface area contributed by atoms with Crippen molar-refractivity contribution in [2.75, 3.05) is 0 Å². The van der Waals surface area contributed by atoms with Crippen LogP contribution in [0, 0.1) is 0 Å². The molecule has 1 fully saturated rings. The average molecular weight is 233 g/mol. The van der Waals surface area contributed by atoms with Gasteiger partial charge in [-0.3, -0.25) is 4.98 Å². The molecule has 17 heavy (non-hydrogen) atoms. The molecule has 2 aromatic rings. The highest BCUT2D eigenvalue weighted by Crippen LogP contribution is 2.41. The maximum Gasteiger partial charge on any atom is 0.263 e. The summed E-state index contributed by atoms with van der Waals surface area (Å²) in [6, 6.07) is 5.16. The number of hydrogen-bond donors (Lipinski definition) is 0. The Kier molecular flexibility index (Phi) is 2.54. The number of benzene rings is 1. The summed E-state index contributed by atoms with van der Waals surface area (Å²) in [6.45, 7) is 0. The molecule has 1 aliphatic carbocycles. The Labute approximate surface area is 98.5 Å². The summed E-state index contributed by atoms with van der Waals surface area (Å²) in [5.74, 6) is 0.457. The minimum atomic E-state index is -2.40. The van der Waals surface area contributed by atoms with Gasteiger partial charge >= 0.3 is 0 Å². The molecule has 1 aromatic heterocycles. The van der Waals surface area contributed by atoms with Gasteiger partial charge < -0.3 is 0 Å². The van der Waals surface area contributed by atoms with Gasteiger partial charge in [-0.25, -0.2) is 8.78 Å². The van der Waals surface area contributed by atoms with Crippen LogP contribution in [0.25, 0.3) is 10.8 Å². The maximum absolute atomic E-state index is 12.8. The lowest BCUT2D eigenvalue weighted by molar-refractivity contribution is 0.151. The van der Waals surface area contributed by atoms with E-state index in [-0.39, 0.29) is 5.56 Å². The van der Waals surface area contributed by atoms with Crippen LogP contribution in [0.5, 0.6) is 0 Å². The van der Waals surface area contributed by atoms with Crippen LogP contribution in [0.15, 0.2) is 30.6 Å². The summed E-state index contributed by atoms with van der Waals surface area (Å²) in [7, 11) is 0. The monoisotopic (exact) mass is 233 g/mol. The Morgan fingerprint density at radius 3 is 2.71 bits per heavy atom. The Balaban J connectivity index is 2.21. The van der Waals surface area contributed by atoms with Crippen LogP contribution in [0.3, 0.4) is 0 Å². The fraction of sp³-hybridized carbons (Fsp3) is 0.357. The maximum atomic E-state index is 12.8. The highest BCUT2D eigenvalue weighted by molar-refractivity contribution is 5.86. The quantitative estimate of drug-likeness (QED) is 0.747. The van der Waals surface area contributed by atoms with Crippen LogP contribution < -0.4 is 0 Å².